The van der Waals surface area contributed by atoms with Crippen molar-refractivity contribution in [2.24, 2.45) is 11.7 Å². The molecule has 2 aromatic rings. The lowest BCUT2D eigenvalue weighted by Crippen LogP contribution is -2.64. The first kappa shape index (κ1) is 35.9. The summed E-state index contributed by atoms with van der Waals surface area (Å²) in [6.45, 7) is 3.16. The lowest BCUT2D eigenvalue weighted by Gasteiger charge is -2.37. The summed E-state index contributed by atoms with van der Waals surface area (Å²) in [4.78, 5) is 55.6. The topological polar surface area (TPSA) is 230 Å². The molecule has 264 valence electrons. The summed E-state index contributed by atoms with van der Waals surface area (Å²) in [6.07, 6.45) is 6.44. The average Bonchev–Trinajstić information content (AvgIpc) is 3.74. The Bertz CT molecular complexity index is 1710. The Morgan fingerprint density at radius 2 is 1.78 bits per heavy atom. The largest absolute Gasteiger partial charge is 0.384 e. The van der Waals surface area contributed by atoms with Gasteiger partial charge in [0.2, 0.25) is 17.6 Å². The van der Waals surface area contributed by atoms with Crippen molar-refractivity contribution in [3.63, 3.8) is 0 Å². The van der Waals surface area contributed by atoms with E-state index in [9.17, 15) is 38.0 Å². The predicted molar refractivity (Wildman–Crippen MR) is 177 cm³/mol. The molecule has 5 rings (SSSR count). The number of aromatic nitrogens is 3. The third-order valence-electron chi connectivity index (χ3n) is 10.1. The number of amides is 3. The molecule has 3 amide bonds. The second kappa shape index (κ2) is 14.2. The van der Waals surface area contributed by atoms with Gasteiger partial charge in [-0.25, -0.2) is 13.1 Å². The van der Waals surface area contributed by atoms with E-state index in [0.29, 0.717) is 23.4 Å². The number of carbonyl (C=O) groups is 4. The molecule has 3 fully saturated rings. The molecule has 5 N–H and O–H groups in total. The first-order chi connectivity index (χ1) is 23.1. The van der Waals surface area contributed by atoms with Gasteiger partial charge in [0.25, 0.3) is 5.91 Å². The Balaban J connectivity index is 1.50. The van der Waals surface area contributed by atoms with Gasteiger partial charge in [-0.15, -0.1) is 5.10 Å². The Morgan fingerprint density at radius 3 is 2.37 bits per heavy atom. The van der Waals surface area contributed by atoms with E-state index in [1.165, 1.54) is 15.8 Å². The average molecular weight is 697 g/mol. The van der Waals surface area contributed by atoms with Gasteiger partial charge < -0.3 is 26.4 Å². The smallest absolute Gasteiger partial charge is 0.287 e. The van der Waals surface area contributed by atoms with E-state index in [-0.39, 0.29) is 37.6 Å². The van der Waals surface area contributed by atoms with Gasteiger partial charge in [0.05, 0.1) is 41.1 Å². The summed E-state index contributed by atoms with van der Waals surface area (Å²) in [5, 5.41) is 34.3. The van der Waals surface area contributed by atoms with Gasteiger partial charge in [0, 0.05) is 18.7 Å². The number of nitrogens with one attached hydrogen (secondary N) is 2. The number of ketones is 1. The number of benzene rings is 1. The van der Waals surface area contributed by atoms with Crippen molar-refractivity contribution >= 4 is 39.0 Å². The molecular formula is C33H44N8O7S. The minimum atomic E-state index is -3.50. The zero-order chi connectivity index (χ0) is 35.6. The predicted octanol–water partition coefficient (Wildman–Crippen LogP) is 1.09. The first-order valence-electron chi connectivity index (χ1n) is 16.7. The van der Waals surface area contributed by atoms with Gasteiger partial charge in [-0.1, -0.05) is 37.3 Å². The highest BCUT2D eigenvalue weighted by Crippen LogP contribution is 2.35. The lowest BCUT2D eigenvalue weighted by molar-refractivity contribution is -0.144. The molecule has 49 heavy (non-hydrogen) atoms. The van der Waals surface area contributed by atoms with Crippen LogP contribution in [0.25, 0.3) is 0 Å². The van der Waals surface area contributed by atoms with Crippen molar-refractivity contribution < 1.29 is 32.7 Å². The maximum absolute atomic E-state index is 14.7. The number of nitrogens with two attached hydrogens (primary N) is 1. The van der Waals surface area contributed by atoms with Crippen LogP contribution in [0.5, 0.6) is 0 Å². The van der Waals surface area contributed by atoms with Crippen molar-refractivity contribution in [3.8, 4) is 6.07 Å². The van der Waals surface area contributed by atoms with E-state index in [1.807, 2.05) is 0 Å². The lowest BCUT2D eigenvalue weighted by atomic mass is 9.84. The highest BCUT2D eigenvalue weighted by atomic mass is 32.2. The molecule has 1 aliphatic carbocycles. The van der Waals surface area contributed by atoms with Crippen LogP contribution < -0.4 is 16.4 Å². The van der Waals surface area contributed by atoms with Crippen LogP contribution in [0.4, 0.5) is 5.69 Å². The molecule has 1 saturated carbocycles. The van der Waals surface area contributed by atoms with Gasteiger partial charge in [-0.3, -0.25) is 19.2 Å². The van der Waals surface area contributed by atoms with Crippen molar-refractivity contribution in [3.05, 3.63) is 41.7 Å². The number of hydrogen-bond acceptors (Lipinski definition) is 11. The highest BCUT2D eigenvalue weighted by molar-refractivity contribution is 7.91. The van der Waals surface area contributed by atoms with Crippen molar-refractivity contribution in [1.29, 1.82) is 5.26 Å². The Hall–Kier alpha value is -4.36. The Kier molecular flexibility index (Phi) is 10.4. The van der Waals surface area contributed by atoms with Crippen LogP contribution in [-0.2, 0) is 34.6 Å². The quantitative estimate of drug-likeness (QED) is 0.243. The number of carbonyl (C=O) groups excluding carboxylic acids is 4. The molecule has 0 unspecified atom stereocenters. The molecule has 2 saturated heterocycles. The molecule has 3 heterocycles. The Morgan fingerprint density at radius 1 is 1.12 bits per heavy atom. The van der Waals surface area contributed by atoms with Gasteiger partial charge in [-0.05, 0) is 63.3 Å². The molecule has 0 spiro atoms. The standard InChI is InChI=1S/C33H44N8O7S/c1-32(2,46)27-19-36-39-41(27)24-17-26(30(44)38-33(28(42)29(35)43)12-14-49(47,48)15-13-33)40(20-24)31(45)25(16-21-6-4-3-5-7-21)37-23-10-8-22(18-34)9-11-23/h8-11,19,21,24-26,37,46H,3-7,12-17,20H2,1-2H3,(H2,35,43)(H,38,44)/t24-,25+,26-/m0/s1. The summed E-state index contributed by atoms with van der Waals surface area (Å²) in [5.41, 5.74) is 3.65. The van der Waals surface area contributed by atoms with Crippen LogP contribution in [0, 0.1) is 17.2 Å². The minimum absolute atomic E-state index is 0.0186. The van der Waals surface area contributed by atoms with Crippen LogP contribution in [0.15, 0.2) is 30.5 Å². The van der Waals surface area contributed by atoms with E-state index in [2.05, 4.69) is 27.0 Å². The maximum atomic E-state index is 14.7. The van der Waals surface area contributed by atoms with E-state index >= 15 is 0 Å². The molecule has 3 aliphatic rings. The number of nitriles is 1. The fourth-order valence-corrected chi connectivity index (χ4v) is 8.83. The van der Waals surface area contributed by atoms with Crippen LogP contribution in [-0.4, -0.2) is 92.6 Å². The fraction of sp³-hybridized carbons (Fsp3) is 0.606. The van der Waals surface area contributed by atoms with Crippen LogP contribution in [0.1, 0.15) is 88.9 Å². The Labute approximate surface area is 285 Å². The fourth-order valence-electron chi connectivity index (χ4n) is 7.30. The number of likely N-dealkylation sites (tertiary alicyclic amines) is 1. The molecule has 0 radical (unpaired) electrons. The van der Waals surface area contributed by atoms with Crippen LogP contribution >= 0.6 is 0 Å². The monoisotopic (exact) mass is 696 g/mol. The second-order valence-electron chi connectivity index (χ2n) is 14.1. The van der Waals surface area contributed by atoms with Crippen molar-refractivity contribution in [2.45, 2.75) is 101 Å². The molecule has 1 aromatic heterocycles. The number of nitrogens with zero attached hydrogens (tertiary/aromatic N) is 5. The third-order valence-corrected chi connectivity index (χ3v) is 11.7. The molecule has 2 aliphatic heterocycles. The summed E-state index contributed by atoms with van der Waals surface area (Å²) in [7, 11) is -3.50. The number of Topliss-reactive ketones (excluding diaryl/α,β-unsaturated/α-hetero) is 1. The molecular weight excluding hydrogens is 652 g/mol. The van der Waals surface area contributed by atoms with E-state index in [4.69, 9.17) is 5.73 Å². The van der Waals surface area contributed by atoms with Gasteiger partial charge in [-0.2, -0.15) is 5.26 Å². The summed E-state index contributed by atoms with van der Waals surface area (Å²) >= 11 is 0. The molecule has 16 heteroatoms. The number of hydrogen-bond donors (Lipinski definition) is 4. The van der Waals surface area contributed by atoms with Gasteiger partial charge in [0.15, 0.2) is 9.84 Å². The SMILES string of the molecule is CC(C)(O)c1cnnn1[C@H]1C[C@@H](C(=O)NC2(C(=O)C(N)=O)CCS(=O)(=O)CC2)N(C(=O)[C@@H](CC2CCCCC2)Nc2ccc(C#N)cc2)C1. The molecule has 1 aromatic carbocycles. The zero-order valence-electron chi connectivity index (χ0n) is 27.8. The molecule has 15 nitrogen and oxygen atoms in total. The number of rotatable bonds is 11. The van der Waals surface area contributed by atoms with E-state index < -0.39 is 68.2 Å². The van der Waals surface area contributed by atoms with E-state index in [0.717, 1.165) is 32.1 Å². The highest BCUT2D eigenvalue weighted by Gasteiger charge is 2.50. The summed E-state index contributed by atoms with van der Waals surface area (Å²) in [6, 6.07) is 6.32. The second-order valence-corrected chi connectivity index (χ2v) is 16.4. The van der Waals surface area contributed by atoms with Gasteiger partial charge in [0.1, 0.15) is 23.2 Å². The summed E-state index contributed by atoms with van der Waals surface area (Å²) < 4.78 is 26.0. The first-order valence-corrected chi connectivity index (χ1v) is 18.5. The summed E-state index contributed by atoms with van der Waals surface area (Å²) in [5.74, 6) is -4.08. The number of anilines is 1. The number of primary amides is 1. The molecule has 0 bridgehead atoms. The van der Waals surface area contributed by atoms with Gasteiger partial charge >= 0.3 is 0 Å². The number of aliphatic hydroxyl groups is 1. The minimum Gasteiger partial charge on any atom is -0.384 e. The van der Waals surface area contributed by atoms with Crippen LogP contribution in [0.3, 0.4) is 0 Å². The zero-order valence-corrected chi connectivity index (χ0v) is 28.6. The van der Waals surface area contributed by atoms with Crippen LogP contribution in [0.2, 0.25) is 0 Å². The molecule has 3 atom stereocenters. The number of sulfone groups is 1. The maximum Gasteiger partial charge on any atom is 0.287 e. The third kappa shape index (κ3) is 8.10. The normalized spacial score (nSPS) is 22.9. The van der Waals surface area contributed by atoms with Crippen molar-refractivity contribution in [1.82, 2.24) is 25.2 Å². The van der Waals surface area contributed by atoms with E-state index in [1.54, 1.807) is 38.1 Å². The van der Waals surface area contributed by atoms with Crippen molar-refractivity contribution in [2.75, 3.05) is 23.4 Å².